The third-order valence-electron chi connectivity index (χ3n) is 3.59. The predicted molar refractivity (Wildman–Crippen MR) is 80.6 cm³/mol. The molecular weight excluding hydrogens is 321 g/mol. The summed E-state index contributed by atoms with van der Waals surface area (Å²) in [6, 6.07) is 4.99. The average molecular weight is 337 g/mol. The van der Waals surface area contributed by atoms with Crippen molar-refractivity contribution in [2.24, 2.45) is 0 Å². The van der Waals surface area contributed by atoms with E-state index in [4.69, 9.17) is 4.74 Å². The van der Waals surface area contributed by atoms with Crippen LogP contribution in [0, 0.1) is 12.7 Å². The molecule has 0 amide bonds. The monoisotopic (exact) mass is 337 g/mol. The lowest BCUT2D eigenvalue weighted by Crippen LogP contribution is -2.42. The summed E-state index contributed by atoms with van der Waals surface area (Å²) in [7, 11) is -3.77. The van der Waals surface area contributed by atoms with Crippen LogP contribution in [-0.4, -0.2) is 42.4 Å². The van der Waals surface area contributed by atoms with Crippen molar-refractivity contribution in [1.82, 2.24) is 14.3 Å². The minimum Gasteiger partial charge on any atom is -0.369 e. The Morgan fingerprint density at radius 1 is 1.30 bits per heavy atom. The third-order valence-corrected chi connectivity index (χ3v) is 5.45. The van der Waals surface area contributed by atoms with Gasteiger partial charge in [-0.1, -0.05) is 6.07 Å². The van der Waals surface area contributed by atoms with Gasteiger partial charge in [0.15, 0.2) is 0 Å². The highest BCUT2D eigenvalue weighted by Gasteiger charge is 2.32. The second kappa shape index (κ2) is 6.31. The molecule has 3 rings (SSSR count). The number of ether oxygens (including phenoxy) is 1. The van der Waals surface area contributed by atoms with Crippen LogP contribution < -0.4 is 0 Å². The number of nitrogens with zero attached hydrogens (tertiary/aromatic N) is 3. The maximum atomic E-state index is 13.3. The van der Waals surface area contributed by atoms with E-state index in [-0.39, 0.29) is 24.6 Å². The summed E-state index contributed by atoms with van der Waals surface area (Å²) in [5.41, 5.74) is 1.35. The van der Waals surface area contributed by atoms with E-state index in [2.05, 4.69) is 9.97 Å². The summed E-state index contributed by atoms with van der Waals surface area (Å²) in [4.78, 5) is 8.33. The van der Waals surface area contributed by atoms with Gasteiger partial charge in [-0.2, -0.15) is 4.31 Å². The highest BCUT2D eigenvalue weighted by Crippen LogP contribution is 2.25. The first kappa shape index (κ1) is 16.0. The zero-order valence-electron chi connectivity index (χ0n) is 12.5. The van der Waals surface area contributed by atoms with Crippen molar-refractivity contribution in [2.45, 2.75) is 17.9 Å². The number of hydrogen-bond donors (Lipinski definition) is 0. The summed E-state index contributed by atoms with van der Waals surface area (Å²) in [5, 5.41) is 0. The van der Waals surface area contributed by atoms with Crippen LogP contribution in [0.15, 0.2) is 41.6 Å². The highest BCUT2D eigenvalue weighted by molar-refractivity contribution is 7.89. The Balaban J connectivity index is 1.84. The van der Waals surface area contributed by atoms with E-state index < -0.39 is 21.9 Å². The number of morpholine rings is 1. The number of halogens is 1. The van der Waals surface area contributed by atoms with Gasteiger partial charge in [-0.25, -0.2) is 12.8 Å². The lowest BCUT2D eigenvalue weighted by atomic mass is 10.2. The van der Waals surface area contributed by atoms with Crippen LogP contribution in [0.25, 0.3) is 0 Å². The molecule has 8 heteroatoms. The molecule has 1 unspecified atom stereocenters. The van der Waals surface area contributed by atoms with Crippen LogP contribution in [0.3, 0.4) is 0 Å². The third kappa shape index (κ3) is 3.39. The Hall–Kier alpha value is -1.90. The highest BCUT2D eigenvalue weighted by atomic mass is 32.2. The molecule has 1 aliphatic rings. The SMILES string of the molecule is Cc1cnc(C2CN(S(=O)(=O)c3cccc(F)c3)CCO2)cn1. The van der Waals surface area contributed by atoms with E-state index >= 15 is 0 Å². The number of rotatable bonds is 3. The van der Waals surface area contributed by atoms with Crippen molar-refractivity contribution >= 4 is 10.0 Å². The zero-order chi connectivity index (χ0) is 16.4. The maximum Gasteiger partial charge on any atom is 0.243 e. The van der Waals surface area contributed by atoms with Crippen LogP contribution >= 0.6 is 0 Å². The van der Waals surface area contributed by atoms with E-state index in [0.717, 1.165) is 11.8 Å². The van der Waals surface area contributed by atoms with E-state index in [1.807, 2.05) is 6.92 Å². The van der Waals surface area contributed by atoms with Crippen LogP contribution in [-0.2, 0) is 14.8 Å². The van der Waals surface area contributed by atoms with Crippen LogP contribution in [0.1, 0.15) is 17.5 Å². The first-order valence-electron chi connectivity index (χ1n) is 7.13. The fourth-order valence-electron chi connectivity index (χ4n) is 2.37. The smallest absolute Gasteiger partial charge is 0.243 e. The number of aryl methyl sites for hydroxylation is 1. The van der Waals surface area contributed by atoms with E-state index in [0.29, 0.717) is 5.69 Å². The van der Waals surface area contributed by atoms with Crippen molar-refractivity contribution in [1.29, 1.82) is 0 Å². The van der Waals surface area contributed by atoms with Crippen molar-refractivity contribution in [3.05, 3.63) is 53.9 Å². The second-order valence-corrected chi connectivity index (χ2v) is 7.20. The van der Waals surface area contributed by atoms with Crippen molar-refractivity contribution in [3.63, 3.8) is 0 Å². The molecule has 23 heavy (non-hydrogen) atoms. The molecule has 0 saturated carbocycles. The van der Waals surface area contributed by atoms with Gasteiger partial charge >= 0.3 is 0 Å². The van der Waals surface area contributed by atoms with E-state index in [1.54, 1.807) is 12.4 Å². The fourth-order valence-corrected chi connectivity index (χ4v) is 3.83. The Labute approximate surface area is 134 Å². The predicted octanol–water partition coefficient (Wildman–Crippen LogP) is 1.69. The molecule has 1 aromatic heterocycles. The molecule has 2 aromatic rings. The first-order chi connectivity index (χ1) is 11.0. The number of hydrogen-bond acceptors (Lipinski definition) is 5. The molecule has 6 nitrogen and oxygen atoms in total. The Morgan fingerprint density at radius 3 is 2.83 bits per heavy atom. The Morgan fingerprint density at radius 2 is 2.13 bits per heavy atom. The summed E-state index contributed by atoms with van der Waals surface area (Å²) in [5.74, 6) is -0.583. The molecule has 0 N–H and O–H groups in total. The van der Waals surface area contributed by atoms with E-state index in [9.17, 15) is 12.8 Å². The second-order valence-electron chi connectivity index (χ2n) is 5.26. The van der Waals surface area contributed by atoms with Crippen LogP contribution in [0.2, 0.25) is 0 Å². The van der Waals surface area contributed by atoms with Gasteiger partial charge in [-0.3, -0.25) is 9.97 Å². The first-order valence-corrected chi connectivity index (χ1v) is 8.57. The molecule has 1 atom stereocenters. The van der Waals surface area contributed by atoms with Gasteiger partial charge in [0.1, 0.15) is 11.9 Å². The maximum absolute atomic E-state index is 13.3. The molecule has 1 saturated heterocycles. The minimum absolute atomic E-state index is 0.0619. The van der Waals surface area contributed by atoms with Gasteiger partial charge in [-0.15, -0.1) is 0 Å². The molecule has 2 heterocycles. The van der Waals surface area contributed by atoms with E-state index in [1.165, 1.54) is 22.5 Å². The van der Waals surface area contributed by atoms with Gasteiger partial charge in [0.2, 0.25) is 10.0 Å². The number of sulfonamides is 1. The van der Waals surface area contributed by atoms with Crippen LogP contribution in [0.4, 0.5) is 4.39 Å². The molecule has 0 spiro atoms. The van der Waals surface area contributed by atoms with Gasteiger partial charge in [0.25, 0.3) is 0 Å². The fraction of sp³-hybridized carbons (Fsp3) is 0.333. The number of benzene rings is 1. The zero-order valence-corrected chi connectivity index (χ0v) is 13.3. The minimum atomic E-state index is -3.77. The van der Waals surface area contributed by atoms with Crippen molar-refractivity contribution in [2.75, 3.05) is 19.7 Å². The standard InChI is InChI=1S/C15H16FN3O3S/c1-11-8-18-14(9-17-11)15-10-19(5-6-22-15)23(20,21)13-4-2-3-12(16)7-13/h2-4,7-9,15H,5-6,10H2,1H3. The summed E-state index contributed by atoms with van der Waals surface area (Å²) in [6.45, 7) is 2.40. The summed E-state index contributed by atoms with van der Waals surface area (Å²) in [6.07, 6.45) is 2.71. The molecule has 0 aliphatic carbocycles. The summed E-state index contributed by atoms with van der Waals surface area (Å²) >= 11 is 0. The lowest BCUT2D eigenvalue weighted by molar-refractivity contribution is -0.00516. The topological polar surface area (TPSA) is 72.4 Å². The van der Waals surface area contributed by atoms with Gasteiger partial charge in [-0.05, 0) is 25.1 Å². The molecule has 0 radical (unpaired) electrons. The van der Waals surface area contributed by atoms with Gasteiger partial charge < -0.3 is 4.74 Å². The van der Waals surface area contributed by atoms with Crippen molar-refractivity contribution < 1.29 is 17.5 Å². The molecule has 1 fully saturated rings. The largest absolute Gasteiger partial charge is 0.369 e. The molecule has 0 bridgehead atoms. The number of aromatic nitrogens is 2. The molecule has 1 aromatic carbocycles. The van der Waals surface area contributed by atoms with Gasteiger partial charge in [0, 0.05) is 19.3 Å². The Kier molecular flexibility index (Phi) is 4.38. The molecule has 122 valence electrons. The average Bonchev–Trinajstić information content (AvgIpc) is 2.56. The summed E-state index contributed by atoms with van der Waals surface area (Å²) < 4.78 is 45.5. The van der Waals surface area contributed by atoms with Gasteiger partial charge in [0.05, 0.1) is 29.1 Å². The van der Waals surface area contributed by atoms with Crippen LogP contribution in [0.5, 0.6) is 0 Å². The lowest BCUT2D eigenvalue weighted by Gasteiger charge is -2.31. The van der Waals surface area contributed by atoms with Crippen molar-refractivity contribution in [3.8, 4) is 0 Å². The normalized spacial score (nSPS) is 19.7. The quantitative estimate of drug-likeness (QED) is 0.852. The molecular formula is C15H16FN3O3S. The molecule has 1 aliphatic heterocycles. The Bertz CT molecular complexity index is 796.